The normalized spacial score (nSPS) is 17.7. The zero-order valence-electron chi connectivity index (χ0n) is 13.4. The number of nitrogens with two attached hydrogens (primary N) is 1. The van der Waals surface area contributed by atoms with Crippen molar-refractivity contribution in [2.45, 2.75) is 46.2 Å². The lowest BCUT2D eigenvalue weighted by Gasteiger charge is -2.26. The second kappa shape index (κ2) is 6.58. The van der Waals surface area contributed by atoms with E-state index in [4.69, 9.17) is 5.73 Å². The molecule has 1 aromatic carbocycles. The van der Waals surface area contributed by atoms with Gasteiger partial charge in [-0.05, 0) is 49.0 Å². The summed E-state index contributed by atoms with van der Waals surface area (Å²) in [6.45, 7) is 9.22. The number of anilines is 1. The predicted octanol–water partition coefficient (Wildman–Crippen LogP) is 2.59. The number of hydrogen-bond donors (Lipinski definition) is 2. The molecule has 0 spiro atoms. The first-order valence-electron chi connectivity index (χ1n) is 7.74. The van der Waals surface area contributed by atoms with Gasteiger partial charge in [0.2, 0.25) is 5.91 Å². The molecule has 1 aromatic rings. The molecule has 0 aromatic heterocycles. The van der Waals surface area contributed by atoms with E-state index in [0.29, 0.717) is 0 Å². The molecule has 1 heterocycles. The Kier molecular flexibility index (Phi) is 5.01. The maximum atomic E-state index is 12.2. The smallest absolute Gasteiger partial charge is 0.241 e. The van der Waals surface area contributed by atoms with Crippen LogP contribution in [0.15, 0.2) is 24.3 Å². The largest absolute Gasteiger partial charge is 0.325 e. The van der Waals surface area contributed by atoms with Crippen molar-refractivity contribution < 1.29 is 4.79 Å². The van der Waals surface area contributed by atoms with Gasteiger partial charge in [0, 0.05) is 12.2 Å². The van der Waals surface area contributed by atoms with Gasteiger partial charge < -0.3 is 11.1 Å². The fourth-order valence-electron chi connectivity index (χ4n) is 2.56. The monoisotopic (exact) mass is 289 g/mol. The summed E-state index contributed by atoms with van der Waals surface area (Å²) in [6, 6.07) is 7.55. The van der Waals surface area contributed by atoms with Gasteiger partial charge in [0.15, 0.2) is 0 Å². The first kappa shape index (κ1) is 16.0. The molecule has 21 heavy (non-hydrogen) atoms. The maximum absolute atomic E-state index is 12.2. The van der Waals surface area contributed by atoms with Crippen LogP contribution in [0.1, 0.15) is 39.2 Å². The van der Waals surface area contributed by atoms with Crippen LogP contribution < -0.4 is 11.1 Å². The highest BCUT2D eigenvalue weighted by molar-refractivity contribution is 5.95. The van der Waals surface area contributed by atoms with Gasteiger partial charge >= 0.3 is 0 Å². The molecular formula is C17H27N3O. The summed E-state index contributed by atoms with van der Waals surface area (Å²) in [5.74, 6) is -0.124. The van der Waals surface area contributed by atoms with Crippen LogP contribution in [0.4, 0.5) is 5.69 Å². The molecular weight excluding hydrogens is 262 g/mol. The molecule has 1 aliphatic rings. The van der Waals surface area contributed by atoms with Crippen LogP contribution in [0.5, 0.6) is 0 Å². The van der Waals surface area contributed by atoms with Gasteiger partial charge in [0.1, 0.15) is 0 Å². The van der Waals surface area contributed by atoms with Gasteiger partial charge in [0.25, 0.3) is 0 Å². The summed E-state index contributed by atoms with van der Waals surface area (Å²) >= 11 is 0. The molecule has 1 amide bonds. The average Bonchev–Trinajstić information content (AvgIpc) is 2.90. The molecule has 0 saturated carbocycles. The van der Waals surface area contributed by atoms with Crippen molar-refractivity contribution >= 4 is 11.6 Å². The second-order valence-corrected chi connectivity index (χ2v) is 7.02. The van der Waals surface area contributed by atoms with E-state index in [9.17, 15) is 4.79 Å². The summed E-state index contributed by atoms with van der Waals surface area (Å²) in [6.07, 6.45) is 2.58. The van der Waals surface area contributed by atoms with Crippen molar-refractivity contribution in [3.05, 3.63) is 29.8 Å². The number of benzene rings is 1. The number of likely N-dealkylation sites (tertiary alicyclic amines) is 1. The quantitative estimate of drug-likeness (QED) is 0.895. The van der Waals surface area contributed by atoms with E-state index in [2.05, 4.69) is 16.3 Å². The Hall–Kier alpha value is -1.39. The summed E-state index contributed by atoms with van der Waals surface area (Å²) < 4.78 is 0. The third-order valence-electron chi connectivity index (χ3n) is 4.01. The number of rotatable bonds is 4. The standard InChI is InChI=1S/C17H27N3O/c1-17(2,3)15(18)16(21)19-14-8-6-7-13(11-14)12-20-9-4-5-10-20/h6-8,11,15H,4-5,9-10,12,18H2,1-3H3,(H,19,21). The van der Waals surface area contributed by atoms with Gasteiger partial charge in [-0.1, -0.05) is 32.9 Å². The van der Waals surface area contributed by atoms with E-state index in [1.54, 1.807) is 0 Å². The topological polar surface area (TPSA) is 58.4 Å². The molecule has 116 valence electrons. The zero-order chi connectivity index (χ0) is 15.5. The first-order valence-corrected chi connectivity index (χ1v) is 7.74. The number of nitrogens with zero attached hydrogens (tertiary/aromatic N) is 1. The van der Waals surface area contributed by atoms with Gasteiger partial charge in [-0.3, -0.25) is 9.69 Å². The Morgan fingerprint density at radius 1 is 1.33 bits per heavy atom. The number of nitrogens with one attached hydrogen (secondary N) is 1. The summed E-state index contributed by atoms with van der Waals surface area (Å²) in [5, 5.41) is 2.93. The van der Waals surface area contributed by atoms with Crippen LogP contribution in [-0.2, 0) is 11.3 Å². The Bertz CT molecular complexity index is 487. The van der Waals surface area contributed by atoms with Crippen LogP contribution in [0.3, 0.4) is 0 Å². The summed E-state index contributed by atoms with van der Waals surface area (Å²) in [7, 11) is 0. The van der Waals surface area contributed by atoms with Crippen molar-refractivity contribution in [1.82, 2.24) is 4.90 Å². The van der Waals surface area contributed by atoms with Crippen LogP contribution in [-0.4, -0.2) is 29.9 Å². The minimum Gasteiger partial charge on any atom is -0.325 e. The van der Waals surface area contributed by atoms with Gasteiger partial charge in [-0.25, -0.2) is 0 Å². The molecule has 4 heteroatoms. The fraction of sp³-hybridized carbons (Fsp3) is 0.588. The lowest BCUT2D eigenvalue weighted by Crippen LogP contribution is -2.45. The van der Waals surface area contributed by atoms with E-state index in [1.807, 2.05) is 39.0 Å². The minimum absolute atomic E-state index is 0.124. The van der Waals surface area contributed by atoms with E-state index in [0.717, 1.165) is 12.2 Å². The Morgan fingerprint density at radius 3 is 2.62 bits per heavy atom. The Morgan fingerprint density at radius 2 is 2.00 bits per heavy atom. The third kappa shape index (κ3) is 4.55. The molecule has 4 nitrogen and oxygen atoms in total. The Labute approximate surface area is 127 Å². The average molecular weight is 289 g/mol. The predicted molar refractivity (Wildman–Crippen MR) is 87.0 cm³/mol. The molecule has 0 aliphatic carbocycles. The lowest BCUT2D eigenvalue weighted by atomic mass is 9.87. The van der Waals surface area contributed by atoms with Gasteiger partial charge in [-0.15, -0.1) is 0 Å². The fourth-order valence-corrected chi connectivity index (χ4v) is 2.56. The van der Waals surface area contributed by atoms with Gasteiger partial charge in [-0.2, -0.15) is 0 Å². The SMILES string of the molecule is CC(C)(C)C(N)C(=O)Nc1cccc(CN2CCCC2)c1. The van der Waals surface area contributed by atoms with Crippen LogP contribution in [0, 0.1) is 5.41 Å². The van der Waals surface area contributed by atoms with E-state index in [1.165, 1.54) is 31.5 Å². The van der Waals surface area contributed by atoms with Crippen molar-refractivity contribution in [2.75, 3.05) is 18.4 Å². The molecule has 1 fully saturated rings. The molecule has 2 rings (SSSR count). The third-order valence-corrected chi connectivity index (χ3v) is 4.01. The molecule has 0 radical (unpaired) electrons. The van der Waals surface area contributed by atoms with Crippen LogP contribution in [0.2, 0.25) is 0 Å². The van der Waals surface area contributed by atoms with Crippen LogP contribution >= 0.6 is 0 Å². The highest BCUT2D eigenvalue weighted by atomic mass is 16.2. The summed E-state index contributed by atoms with van der Waals surface area (Å²) in [5.41, 5.74) is 7.82. The second-order valence-electron chi connectivity index (χ2n) is 7.02. The summed E-state index contributed by atoms with van der Waals surface area (Å²) in [4.78, 5) is 14.6. The molecule has 1 aliphatic heterocycles. The lowest BCUT2D eigenvalue weighted by molar-refractivity contribution is -0.119. The molecule has 1 unspecified atom stereocenters. The zero-order valence-corrected chi connectivity index (χ0v) is 13.4. The molecule has 1 saturated heterocycles. The maximum Gasteiger partial charge on any atom is 0.241 e. The van der Waals surface area contributed by atoms with Crippen molar-refractivity contribution in [3.8, 4) is 0 Å². The number of hydrogen-bond acceptors (Lipinski definition) is 3. The molecule has 1 atom stereocenters. The van der Waals surface area contributed by atoms with E-state index >= 15 is 0 Å². The highest BCUT2D eigenvalue weighted by Gasteiger charge is 2.27. The van der Waals surface area contributed by atoms with E-state index < -0.39 is 6.04 Å². The van der Waals surface area contributed by atoms with Crippen molar-refractivity contribution in [1.29, 1.82) is 0 Å². The van der Waals surface area contributed by atoms with Crippen molar-refractivity contribution in [2.24, 2.45) is 11.1 Å². The highest BCUT2D eigenvalue weighted by Crippen LogP contribution is 2.20. The van der Waals surface area contributed by atoms with E-state index in [-0.39, 0.29) is 11.3 Å². The number of carbonyl (C=O) groups is 1. The molecule has 3 N–H and O–H groups in total. The van der Waals surface area contributed by atoms with Crippen molar-refractivity contribution in [3.63, 3.8) is 0 Å². The van der Waals surface area contributed by atoms with Crippen LogP contribution in [0.25, 0.3) is 0 Å². The molecule has 0 bridgehead atoms. The minimum atomic E-state index is -0.514. The van der Waals surface area contributed by atoms with Gasteiger partial charge in [0.05, 0.1) is 6.04 Å². The number of amides is 1. The Balaban J connectivity index is 1.98. The first-order chi connectivity index (χ1) is 9.86. The number of carbonyl (C=O) groups excluding carboxylic acids is 1.